The quantitative estimate of drug-likeness (QED) is 0.501. The lowest BCUT2D eigenvalue weighted by atomic mass is 10.2. The molecule has 1 aromatic heterocycles. The number of nitrogens with one attached hydrogen (secondary N) is 1. The van der Waals surface area contributed by atoms with Crippen molar-refractivity contribution >= 4 is 17.3 Å². The van der Waals surface area contributed by atoms with Gasteiger partial charge in [0.15, 0.2) is 0 Å². The first kappa shape index (κ1) is 18.2. The zero-order chi connectivity index (χ0) is 19.2. The van der Waals surface area contributed by atoms with Crippen LogP contribution in [0.4, 0.5) is 15.8 Å². The number of aromatic nitrogens is 2. The van der Waals surface area contributed by atoms with Crippen LogP contribution in [-0.2, 0) is 11.2 Å². The predicted molar refractivity (Wildman–Crippen MR) is 94.4 cm³/mol. The van der Waals surface area contributed by atoms with Crippen molar-refractivity contribution in [3.8, 4) is 11.5 Å². The van der Waals surface area contributed by atoms with Crippen LogP contribution in [0.2, 0.25) is 0 Å². The molecule has 1 heterocycles. The number of nitro benzene ring substituents is 1. The van der Waals surface area contributed by atoms with Crippen molar-refractivity contribution in [2.24, 2.45) is 0 Å². The fourth-order valence-corrected chi connectivity index (χ4v) is 2.39. The standard InChI is InChI=1S/C18H15FN4O4/c19-14-10-9-13(23(25)26)11-15(14)20-16(24)7-4-8-17-21-22-18(27-17)12-5-2-1-3-6-12/h1-3,5-6,9-11H,4,7-8H2,(H,20,24). The van der Waals surface area contributed by atoms with Gasteiger partial charge in [-0.1, -0.05) is 18.2 Å². The summed E-state index contributed by atoms with van der Waals surface area (Å²) in [6, 6.07) is 12.2. The molecule has 1 N–H and O–H groups in total. The van der Waals surface area contributed by atoms with E-state index in [1.54, 1.807) is 0 Å². The summed E-state index contributed by atoms with van der Waals surface area (Å²) in [5.74, 6) is -0.410. The molecular formula is C18H15FN4O4. The highest BCUT2D eigenvalue weighted by atomic mass is 19.1. The van der Waals surface area contributed by atoms with E-state index in [1.807, 2.05) is 30.3 Å². The molecule has 0 aliphatic heterocycles. The summed E-state index contributed by atoms with van der Waals surface area (Å²) in [4.78, 5) is 22.0. The molecule has 0 saturated heterocycles. The Morgan fingerprint density at radius 1 is 1.19 bits per heavy atom. The highest BCUT2D eigenvalue weighted by Crippen LogP contribution is 2.22. The number of nitrogens with zero attached hydrogens (tertiary/aromatic N) is 3. The first-order chi connectivity index (χ1) is 13.0. The van der Waals surface area contributed by atoms with Crippen LogP contribution >= 0.6 is 0 Å². The Kier molecular flexibility index (Phi) is 5.50. The Hall–Kier alpha value is -3.62. The number of nitro groups is 1. The zero-order valence-electron chi connectivity index (χ0n) is 14.1. The molecule has 0 radical (unpaired) electrons. The number of non-ortho nitro benzene ring substituents is 1. The molecule has 9 heteroatoms. The van der Waals surface area contributed by atoms with Crippen molar-refractivity contribution in [3.05, 3.63) is 70.4 Å². The summed E-state index contributed by atoms with van der Waals surface area (Å²) in [5, 5.41) is 21.0. The Labute approximate surface area is 153 Å². The van der Waals surface area contributed by atoms with E-state index in [1.165, 1.54) is 0 Å². The summed E-state index contributed by atoms with van der Waals surface area (Å²) in [7, 11) is 0. The average Bonchev–Trinajstić information content (AvgIpc) is 3.13. The van der Waals surface area contributed by atoms with Gasteiger partial charge in [-0.25, -0.2) is 4.39 Å². The lowest BCUT2D eigenvalue weighted by molar-refractivity contribution is -0.384. The molecular weight excluding hydrogens is 355 g/mol. The van der Waals surface area contributed by atoms with E-state index in [-0.39, 0.29) is 17.8 Å². The smallest absolute Gasteiger partial charge is 0.271 e. The minimum Gasteiger partial charge on any atom is -0.421 e. The molecule has 0 aliphatic rings. The van der Waals surface area contributed by atoms with Crippen LogP contribution in [0.5, 0.6) is 0 Å². The number of hydrogen-bond donors (Lipinski definition) is 1. The van der Waals surface area contributed by atoms with Crippen LogP contribution in [0.3, 0.4) is 0 Å². The van der Waals surface area contributed by atoms with Crippen LogP contribution in [-0.4, -0.2) is 21.0 Å². The molecule has 0 saturated carbocycles. The van der Waals surface area contributed by atoms with E-state index in [0.717, 1.165) is 23.8 Å². The van der Waals surface area contributed by atoms with Gasteiger partial charge in [0.2, 0.25) is 17.7 Å². The van der Waals surface area contributed by atoms with Crippen molar-refractivity contribution in [1.82, 2.24) is 10.2 Å². The second-order valence-corrected chi connectivity index (χ2v) is 5.69. The minimum atomic E-state index is -0.738. The second kappa shape index (κ2) is 8.17. The maximum Gasteiger partial charge on any atom is 0.271 e. The van der Waals surface area contributed by atoms with Crippen molar-refractivity contribution in [3.63, 3.8) is 0 Å². The lowest BCUT2D eigenvalue weighted by Gasteiger charge is -2.05. The van der Waals surface area contributed by atoms with E-state index in [9.17, 15) is 19.3 Å². The van der Waals surface area contributed by atoms with Gasteiger partial charge in [0.05, 0.1) is 10.6 Å². The molecule has 8 nitrogen and oxygen atoms in total. The highest BCUT2D eigenvalue weighted by molar-refractivity contribution is 5.91. The fraction of sp³-hybridized carbons (Fsp3) is 0.167. The van der Waals surface area contributed by atoms with Gasteiger partial charge in [0, 0.05) is 30.5 Å². The topological polar surface area (TPSA) is 111 Å². The summed E-state index contributed by atoms with van der Waals surface area (Å²) >= 11 is 0. The maximum absolute atomic E-state index is 13.7. The normalized spacial score (nSPS) is 10.6. The third-order valence-corrected chi connectivity index (χ3v) is 3.72. The molecule has 0 spiro atoms. The van der Waals surface area contributed by atoms with E-state index in [0.29, 0.717) is 24.6 Å². The van der Waals surface area contributed by atoms with Gasteiger partial charge >= 0.3 is 0 Å². The highest BCUT2D eigenvalue weighted by Gasteiger charge is 2.14. The Balaban J connectivity index is 1.52. The first-order valence-corrected chi connectivity index (χ1v) is 8.14. The summed E-state index contributed by atoms with van der Waals surface area (Å²) in [6.45, 7) is 0. The van der Waals surface area contributed by atoms with Crippen LogP contribution in [0, 0.1) is 15.9 Å². The van der Waals surface area contributed by atoms with Crippen LogP contribution in [0.1, 0.15) is 18.7 Å². The predicted octanol–water partition coefficient (Wildman–Crippen LogP) is 3.75. The number of halogens is 1. The van der Waals surface area contributed by atoms with Gasteiger partial charge in [0.1, 0.15) is 5.82 Å². The van der Waals surface area contributed by atoms with Crippen LogP contribution < -0.4 is 5.32 Å². The largest absolute Gasteiger partial charge is 0.421 e. The minimum absolute atomic E-state index is 0.0746. The van der Waals surface area contributed by atoms with Gasteiger partial charge < -0.3 is 9.73 Å². The molecule has 1 amide bonds. The van der Waals surface area contributed by atoms with Crippen LogP contribution in [0.25, 0.3) is 11.5 Å². The second-order valence-electron chi connectivity index (χ2n) is 5.69. The SMILES string of the molecule is O=C(CCCc1nnc(-c2ccccc2)o1)Nc1cc([N+](=O)[O-])ccc1F. The Bertz CT molecular complexity index is 959. The molecule has 0 aliphatic carbocycles. The van der Waals surface area contributed by atoms with Gasteiger partial charge in [-0.3, -0.25) is 14.9 Å². The average molecular weight is 370 g/mol. The van der Waals surface area contributed by atoms with Crippen molar-refractivity contribution < 1.29 is 18.5 Å². The van der Waals surface area contributed by atoms with Crippen molar-refractivity contribution in [1.29, 1.82) is 0 Å². The molecule has 3 rings (SSSR count). The number of carbonyl (C=O) groups is 1. The zero-order valence-corrected chi connectivity index (χ0v) is 14.1. The summed E-state index contributed by atoms with van der Waals surface area (Å²) in [6.07, 6.45) is 0.856. The van der Waals surface area contributed by atoms with Crippen molar-refractivity contribution in [2.75, 3.05) is 5.32 Å². The summed E-state index contributed by atoms with van der Waals surface area (Å²) in [5.41, 5.74) is 0.277. The summed E-state index contributed by atoms with van der Waals surface area (Å²) < 4.78 is 19.2. The molecule has 27 heavy (non-hydrogen) atoms. The van der Waals surface area contributed by atoms with E-state index >= 15 is 0 Å². The fourth-order valence-electron chi connectivity index (χ4n) is 2.39. The van der Waals surface area contributed by atoms with E-state index in [2.05, 4.69) is 15.5 Å². The molecule has 138 valence electrons. The number of rotatable bonds is 7. The number of hydrogen-bond acceptors (Lipinski definition) is 6. The number of aryl methyl sites for hydroxylation is 1. The van der Waals surface area contributed by atoms with Crippen molar-refractivity contribution in [2.45, 2.75) is 19.3 Å². The number of benzene rings is 2. The number of anilines is 1. The third-order valence-electron chi connectivity index (χ3n) is 3.72. The number of amides is 1. The molecule has 3 aromatic rings. The van der Waals surface area contributed by atoms with Gasteiger partial charge in [-0.05, 0) is 24.6 Å². The molecule has 0 atom stereocenters. The van der Waals surface area contributed by atoms with Gasteiger partial charge in [-0.15, -0.1) is 10.2 Å². The molecule has 2 aromatic carbocycles. The molecule has 0 unspecified atom stereocenters. The van der Waals surface area contributed by atoms with E-state index in [4.69, 9.17) is 4.42 Å². The Morgan fingerprint density at radius 2 is 1.96 bits per heavy atom. The lowest BCUT2D eigenvalue weighted by Crippen LogP contribution is -2.13. The first-order valence-electron chi connectivity index (χ1n) is 8.14. The monoisotopic (exact) mass is 370 g/mol. The third kappa shape index (κ3) is 4.72. The van der Waals surface area contributed by atoms with Gasteiger partial charge in [0.25, 0.3) is 5.69 Å². The maximum atomic E-state index is 13.7. The number of carbonyl (C=O) groups excluding carboxylic acids is 1. The Morgan fingerprint density at radius 3 is 2.70 bits per heavy atom. The van der Waals surface area contributed by atoms with Crippen LogP contribution in [0.15, 0.2) is 52.9 Å². The molecule has 0 fully saturated rings. The van der Waals surface area contributed by atoms with Gasteiger partial charge in [-0.2, -0.15) is 0 Å². The molecule has 0 bridgehead atoms. The van der Waals surface area contributed by atoms with E-state index < -0.39 is 16.6 Å².